The highest BCUT2D eigenvalue weighted by Crippen LogP contribution is 2.46. The van der Waals surface area contributed by atoms with E-state index in [9.17, 15) is 13.2 Å². The minimum absolute atomic E-state index is 0.108. The van der Waals surface area contributed by atoms with Crippen molar-refractivity contribution >= 4 is 28.9 Å². The number of hydrogen-bond acceptors (Lipinski definition) is 2. The Bertz CT molecular complexity index is 594. The van der Waals surface area contributed by atoms with Crippen LogP contribution in [0.1, 0.15) is 49.4 Å². The monoisotopic (exact) mass is 366 g/mol. The minimum atomic E-state index is -4.51. The zero-order chi connectivity index (χ0) is 16.6. The Labute approximate surface area is 142 Å². The molecule has 0 saturated heterocycles. The van der Waals surface area contributed by atoms with Crippen molar-refractivity contribution in [1.29, 1.82) is 0 Å². The number of rotatable bonds is 6. The molecule has 2 fully saturated rings. The van der Waals surface area contributed by atoms with Gasteiger partial charge < -0.3 is 10.6 Å². The van der Waals surface area contributed by atoms with Crippen molar-refractivity contribution in [2.24, 2.45) is 0 Å². The highest BCUT2D eigenvalue weighted by atomic mass is 35.5. The summed E-state index contributed by atoms with van der Waals surface area (Å²) in [5.41, 5.74) is -0.447. The largest absolute Gasteiger partial charge is 0.436 e. The standard InChI is InChI=1S/C14H18ClF3N4S/c15-10-11(8-2-3-8)22(21-12(10)14(16,17)18)7-1-6-19-13(23)20-9-4-5-9/h8-9H,1-7H2,(H2,19,20,23). The zero-order valence-corrected chi connectivity index (χ0v) is 14.0. The number of aryl methyl sites for hydroxylation is 1. The van der Waals surface area contributed by atoms with Gasteiger partial charge in [-0.15, -0.1) is 0 Å². The Morgan fingerprint density at radius 2 is 2.00 bits per heavy atom. The fourth-order valence-electron chi connectivity index (χ4n) is 2.45. The highest BCUT2D eigenvalue weighted by molar-refractivity contribution is 7.80. The second-order valence-corrected chi connectivity index (χ2v) is 6.86. The first kappa shape index (κ1) is 16.8. The molecule has 0 atom stereocenters. The summed E-state index contributed by atoms with van der Waals surface area (Å²) in [5, 5.41) is 10.3. The van der Waals surface area contributed by atoms with Crippen LogP contribution in [0.3, 0.4) is 0 Å². The second kappa shape index (κ2) is 6.47. The van der Waals surface area contributed by atoms with Gasteiger partial charge in [0.1, 0.15) is 0 Å². The summed E-state index contributed by atoms with van der Waals surface area (Å²) in [4.78, 5) is 0. The molecule has 0 aliphatic heterocycles. The van der Waals surface area contributed by atoms with Crippen LogP contribution < -0.4 is 10.6 Å². The number of nitrogens with one attached hydrogen (secondary N) is 2. The average molecular weight is 367 g/mol. The van der Waals surface area contributed by atoms with Gasteiger partial charge in [-0.05, 0) is 44.3 Å². The van der Waals surface area contributed by atoms with E-state index < -0.39 is 11.9 Å². The predicted molar refractivity (Wildman–Crippen MR) is 85.6 cm³/mol. The van der Waals surface area contributed by atoms with Crippen molar-refractivity contribution in [3.05, 3.63) is 16.4 Å². The van der Waals surface area contributed by atoms with Gasteiger partial charge in [-0.25, -0.2) is 0 Å². The van der Waals surface area contributed by atoms with Gasteiger partial charge >= 0.3 is 6.18 Å². The van der Waals surface area contributed by atoms with E-state index in [1.54, 1.807) is 0 Å². The van der Waals surface area contributed by atoms with E-state index >= 15 is 0 Å². The van der Waals surface area contributed by atoms with E-state index in [4.69, 9.17) is 23.8 Å². The number of alkyl halides is 3. The lowest BCUT2D eigenvalue weighted by Gasteiger charge is -2.10. The first-order chi connectivity index (χ1) is 10.9. The van der Waals surface area contributed by atoms with Gasteiger partial charge in [-0.2, -0.15) is 18.3 Å². The van der Waals surface area contributed by atoms with Gasteiger partial charge in [0, 0.05) is 25.0 Å². The second-order valence-electron chi connectivity index (χ2n) is 6.07. The lowest BCUT2D eigenvalue weighted by atomic mass is 10.2. The number of thiocarbonyl (C=S) groups is 1. The third kappa shape index (κ3) is 4.29. The van der Waals surface area contributed by atoms with E-state index in [0.717, 1.165) is 25.7 Å². The van der Waals surface area contributed by atoms with Crippen molar-refractivity contribution in [1.82, 2.24) is 20.4 Å². The van der Waals surface area contributed by atoms with Gasteiger partial charge in [0.25, 0.3) is 0 Å². The molecule has 9 heteroatoms. The van der Waals surface area contributed by atoms with Crippen molar-refractivity contribution in [2.75, 3.05) is 6.54 Å². The quantitative estimate of drug-likeness (QED) is 0.597. The van der Waals surface area contributed by atoms with E-state index in [-0.39, 0.29) is 10.9 Å². The molecule has 0 spiro atoms. The van der Waals surface area contributed by atoms with Crippen molar-refractivity contribution in [3.63, 3.8) is 0 Å². The van der Waals surface area contributed by atoms with E-state index in [1.807, 2.05) is 0 Å². The maximum Gasteiger partial charge on any atom is 0.436 e. The van der Waals surface area contributed by atoms with Gasteiger partial charge in [0.2, 0.25) is 0 Å². The fraction of sp³-hybridized carbons (Fsp3) is 0.714. The molecule has 128 valence electrons. The molecular weight excluding hydrogens is 349 g/mol. The third-order valence-electron chi connectivity index (χ3n) is 3.91. The molecule has 2 aliphatic rings. The molecular formula is C14H18ClF3N4S. The molecule has 23 heavy (non-hydrogen) atoms. The summed E-state index contributed by atoms with van der Waals surface area (Å²) in [6, 6.07) is 0.482. The van der Waals surface area contributed by atoms with Crippen molar-refractivity contribution in [3.8, 4) is 0 Å². The molecule has 0 unspecified atom stereocenters. The van der Waals surface area contributed by atoms with Crippen LogP contribution in [0.15, 0.2) is 0 Å². The molecule has 0 aromatic carbocycles. The van der Waals surface area contributed by atoms with E-state index in [1.165, 1.54) is 4.68 Å². The zero-order valence-electron chi connectivity index (χ0n) is 12.4. The Kier molecular flexibility index (Phi) is 4.73. The Hall–Kier alpha value is -1.02. The van der Waals surface area contributed by atoms with Gasteiger partial charge in [-0.3, -0.25) is 4.68 Å². The lowest BCUT2D eigenvalue weighted by molar-refractivity contribution is -0.141. The van der Waals surface area contributed by atoms with E-state index in [2.05, 4.69) is 15.7 Å². The SMILES string of the molecule is FC(F)(F)c1nn(CCCNC(=S)NC2CC2)c(C2CC2)c1Cl. The maximum atomic E-state index is 12.9. The number of aromatic nitrogens is 2. The third-order valence-corrected chi connectivity index (χ3v) is 4.54. The summed E-state index contributed by atoms with van der Waals surface area (Å²) in [5.74, 6) is 0.108. The number of nitrogens with zero attached hydrogens (tertiary/aromatic N) is 2. The summed E-state index contributed by atoms with van der Waals surface area (Å²) in [7, 11) is 0. The van der Waals surface area contributed by atoms with E-state index in [0.29, 0.717) is 36.4 Å². The first-order valence-corrected chi connectivity index (χ1v) is 8.52. The molecule has 1 heterocycles. The Balaban J connectivity index is 1.57. The first-order valence-electron chi connectivity index (χ1n) is 7.74. The molecule has 0 bridgehead atoms. The van der Waals surface area contributed by atoms with Gasteiger partial charge in [0.05, 0.1) is 10.7 Å². The van der Waals surface area contributed by atoms with Crippen LogP contribution in [0.4, 0.5) is 13.2 Å². The van der Waals surface area contributed by atoms with Crippen LogP contribution in [0.25, 0.3) is 0 Å². The molecule has 2 N–H and O–H groups in total. The van der Waals surface area contributed by atoms with Gasteiger partial charge in [-0.1, -0.05) is 11.6 Å². The number of halogens is 4. The Morgan fingerprint density at radius 1 is 1.30 bits per heavy atom. The van der Waals surface area contributed by atoms with Crippen LogP contribution in [-0.2, 0) is 12.7 Å². The van der Waals surface area contributed by atoms with Crippen LogP contribution in [0.2, 0.25) is 5.02 Å². The summed E-state index contributed by atoms with van der Waals surface area (Å²) < 4.78 is 40.3. The molecule has 0 amide bonds. The minimum Gasteiger partial charge on any atom is -0.363 e. The fourth-order valence-corrected chi connectivity index (χ4v) is 3.11. The molecule has 3 rings (SSSR count). The summed E-state index contributed by atoms with van der Waals surface area (Å²) in [6.07, 6.45) is 0.130. The molecule has 2 aliphatic carbocycles. The normalized spacial score (nSPS) is 18.1. The van der Waals surface area contributed by atoms with Crippen molar-refractivity contribution in [2.45, 2.75) is 56.8 Å². The molecule has 4 nitrogen and oxygen atoms in total. The summed E-state index contributed by atoms with van der Waals surface area (Å²) >= 11 is 11.1. The van der Waals surface area contributed by atoms with Crippen LogP contribution in [-0.4, -0.2) is 27.5 Å². The van der Waals surface area contributed by atoms with Crippen LogP contribution >= 0.6 is 23.8 Å². The average Bonchev–Trinajstić information content (AvgIpc) is 3.35. The smallest absolute Gasteiger partial charge is 0.363 e. The van der Waals surface area contributed by atoms with Crippen molar-refractivity contribution < 1.29 is 13.2 Å². The molecule has 1 aromatic rings. The lowest BCUT2D eigenvalue weighted by Crippen LogP contribution is -2.37. The highest BCUT2D eigenvalue weighted by Gasteiger charge is 2.41. The van der Waals surface area contributed by atoms with Crippen LogP contribution in [0.5, 0.6) is 0 Å². The molecule has 1 aromatic heterocycles. The molecule has 0 radical (unpaired) electrons. The predicted octanol–water partition coefficient (Wildman–Crippen LogP) is 3.45. The number of hydrogen-bond donors (Lipinski definition) is 2. The van der Waals surface area contributed by atoms with Gasteiger partial charge in [0.15, 0.2) is 10.8 Å². The topological polar surface area (TPSA) is 41.9 Å². The molecule has 2 saturated carbocycles. The maximum absolute atomic E-state index is 12.9. The summed E-state index contributed by atoms with van der Waals surface area (Å²) in [6.45, 7) is 0.974. The van der Waals surface area contributed by atoms with Crippen LogP contribution in [0, 0.1) is 0 Å². The Morgan fingerprint density at radius 3 is 2.57 bits per heavy atom.